The Morgan fingerprint density at radius 1 is 1.00 bits per heavy atom. The van der Waals surface area contributed by atoms with Crippen LogP contribution in [0.4, 0.5) is 5.69 Å². The summed E-state index contributed by atoms with van der Waals surface area (Å²) in [5.41, 5.74) is 1.04. The Labute approximate surface area is 281 Å². The van der Waals surface area contributed by atoms with Crippen LogP contribution in [0.1, 0.15) is 80.9 Å². The van der Waals surface area contributed by atoms with Gasteiger partial charge in [0.05, 0.1) is 22.8 Å². The van der Waals surface area contributed by atoms with Crippen LogP contribution in [-0.2, 0) is 19.3 Å². The SMILES string of the molecule is CC(C)C(CS(=N)(=O)C(C)C)N1C(=O)[C@@](C)(CC(=O)Nc2ccc(C(=O)O)cc2)C[C@H](c2cccc(Cl)c2)[C@H]1c1ccc(Cl)cc1. The monoisotopic (exact) mass is 685 g/mol. The molecule has 1 aliphatic rings. The molecule has 0 saturated carbocycles. The first-order chi connectivity index (χ1) is 21.5. The van der Waals surface area contributed by atoms with Gasteiger partial charge in [-0.1, -0.05) is 82.1 Å². The Balaban J connectivity index is 1.85. The van der Waals surface area contributed by atoms with E-state index in [1.54, 1.807) is 43.9 Å². The van der Waals surface area contributed by atoms with Crippen molar-refractivity contribution in [3.05, 3.63) is 99.5 Å². The number of halogens is 2. The van der Waals surface area contributed by atoms with Crippen LogP contribution in [0, 0.1) is 16.1 Å². The van der Waals surface area contributed by atoms with E-state index in [0.29, 0.717) is 22.2 Å². The van der Waals surface area contributed by atoms with Gasteiger partial charge in [0, 0.05) is 49.1 Å². The maximum absolute atomic E-state index is 14.9. The average molecular weight is 687 g/mol. The molecule has 46 heavy (non-hydrogen) atoms. The summed E-state index contributed by atoms with van der Waals surface area (Å²) >= 11 is 12.8. The lowest BCUT2D eigenvalue weighted by molar-refractivity contribution is -0.157. The second kappa shape index (κ2) is 14.2. The number of piperidine rings is 1. The summed E-state index contributed by atoms with van der Waals surface area (Å²) in [5.74, 6) is -2.23. The van der Waals surface area contributed by atoms with Gasteiger partial charge in [-0.05, 0) is 72.0 Å². The molecule has 0 spiro atoms. The highest BCUT2D eigenvalue weighted by molar-refractivity contribution is 7.93. The van der Waals surface area contributed by atoms with Gasteiger partial charge < -0.3 is 15.3 Å². The summed E-state index contributed by atoms with van der Waals surface area (Å²) in [6.07, 6.45) is 0.158. The molecule has 2 unspecified atom stereocenters. The van der Waals surface area contributed by atoms with Crippen LogP contribution in [0.3, 0.4) is 0 Å². The maximum atomic E-state index is 14.9. The number of carbonyl (C=O) groups is 3. The molecule has 4 rings (SSSR count). The highest BCUT2D eigenvalue weighted by atomic mass is 35.5. The van der Waals surface area contributed by atoms with E-state index < -0.39 is 44.4 Å². The fourth-order valence-electron chi connectivity index (χ4n) is 6.21. The molecule has 3 aromatic rings. The van der Waals surface area contributed by atoms with Crippen molar-refractivity contribution in [3.63, 3.8) is 0 Å². The molecule has 1 heterocycles. The van der Waals surface area contributed by atoms with Gasteiger partial charge in [0.1, 0.15) is 0 Å². The van der Waals surface area contributed by atoms with E-state index in [1.807, 2.05) is 44.2 Å². The van der Waals surface area contributed by atoms with Crippen LogP contribution in [0.15, 0.2) is 72.8 Å². The molecule has 1 fully saturated rings. The summed E-state index contributed by atoms with van der Waals surface area (Å²) < 4.78 is 22.4. The number of hydrogen-bond donors (Lipinski definition) is 3. The van der Waals surface area contributed by atoms with Crippen molar-refractivity contribution in [2.24, 2.45) is 11.3 Å². The molecule has 0 radical (unpaired) electrons. The number of aromatic carboxylic acids is 1. The third kappa shape index (κ3) is 7.93. The van der Waals surface area contributed by atoms with E-state index in [1.165, 1.54) is 24.3 Å². The highest BCUT2D eigenvalue weighted by Crippen LogP contribution is 2.52. The molecule has 0 aliphatic carbocycles. The summed E-state index contributed by atoms with van der Waals surface area (Å²) in [7, 11) is -3.08. The molecule has 1 saturated heterocycles. The van der Waals surface area contributed by atoms with Gasteiger partial charge in [0.25, 0.3) is 0 Å². The largest absolute Gasteiger partial charge is 0.478 e. The van der Waals surface area contributed by atoms with Crippen LogP contribution >= 0.6 is 23.2 Å². The molecule has 3 N–H and O–H groups in total. The van der Waals surface area contributed by atoms with Gasteiger partial charge in [-0.2, -0.15) is 0 Å². The van der Waals surface area contributed by atoms with E-state index in [4.69, 9.17) is 28.0 Å². The van der Waals surface area contributed by atoms with Gasteiger partial charge in [-0.15, -0.1) is 0 Å². The Hall–Kier alpha value is -3.40. The van der Waals surface area contributed by atoms with Crippen molar-refractivity contribution >= 4 is 56.4 Å². The van der Waals surface area contributed by atoms with Gasteiger partial charge >= 0.3 is 5.97 Å². The Morgan fingerprint density at radius 3 is 2.17 bits per heavy atom. The number of nitrogens with zero attached hydrogens (tertiary/aromatic N) is 1. The van der Waals surface area contributed by atoms with Crippen LogP contribution < -0.4 is 5.32 Å². The smallest absolute Gasteiger partial charge is 0.335 e. The zero-order valence-electron chi connectivity index (χ0n) is 26.6. The fourth-order valence-corrected chi connectivity index (χ4v) is 7.97. The van der Waals surface area contributed by atoms with Crippen LogP contribution in [0.5, 0.6) is 0 Å². The molecule has 8 nitrogen and oxygen atoms in total. The second-order valence-corrected chi connectivity index (χ2v) is 16.6. The predicted octanol–water partition coefficient (Wildman–Crippen LogP) is 8.26. The van der Waals surface area contributed by atoms with Gasteiger partial charge in [0.15, 0.2) is 0 Å². The summed E-state index contributed by atoms with van der Waals surface area (Å²) in [6.45, 7) is 9.21. The van der Waals surface area contributed by atoms with E-state index in [9.17, 15) is 23.7 Å². The minimum Gasteiger partial charge on any atom is -0.478 e. The summed E-state index contributed by atoms with van der Waals surface area (Å²) in [4.78, 5) is 41.5. The van der Waals surface area contributed by atoms with E-state index >= 15 is 0 Å². The maximum Gasteiger partial charge on any atom is 0.335 e. The first kappa shape index (κ1) is 35.5. The first-order valence-electron chi connectivity index (χ1n) is 15.2. The standard InChI is InChI=1S/C35H41Cl2N3O5S/c1-21(2)30(20-46(38,45)22(3)4)40-32(23-9-13-26(36)14-10-23)29(25-7-6-8-27(37)17-25)18-35(5,34(40)44)19-31(41)39-28-15-11-24(12-16-28)33(42)43/h6-17,21-22,29-30,32,38H,18-20H2,1-5H3,(H,39,41)(H,42,43)/t29-,30?,32-,35-,46?/m1/s1. The van der Waals surface area contributed by atoms with Crippen molar-refractivity contribution in [1.82, 2.24) is 4.90 Å². The number of carbonyl (C=O) groups excluding carboxylic acids is 2. The molecule has 5 atom stereocenters. The zero-order chi connectivity index (χ0) is 34.0. The number of likely N-dealkylation sites (tertiary alicyclic amines) is 1. The molecule has 3 aromatic carbocycles. The predicted molar refractivity (Wildman–Crippen MR) is 184 cm³/mol. The van der Waals surface area contributed by atoms with Crippen LogP contribution in [-0.4, -0.2) is 49.0 Å². The Kier molecular flexibility index (Phi) is 10.9. The number of rotatable bonds is 11. The highest BCUT2D eigenvalue weighted by Gasteiger charge is 2.53. The number of carboxylic acids is 1. The lowest BCUT2D eigenvalue weighted by Gasteiger charge is -2.53. The Morgan fingerprint density at radius 2 is 1.63 bits per heavy atom. The molecule has 2 amide bonds. The minimum absolute atomic E-state index is 0.0152. The first-order valence-corrected chi connectivity index (χ1v) is 17.8. The van der Waals surface area contributed by atoms with E-state index in [0.717, 1.165) is 11.1 Å². The summed E-state index contributed by atoms with van der Waals surface area (Å²) in [6, 6.07) is 19.5. The van der Waals surface area contributed by atoms with Gasteiger partial charge in [-0.25, -0.2) is 9.00 Å². The van der Waals surface area contributed by atoms with Crippen LogP contribution in [0.2, 0.25) is 10.0 Å². The molecule has 246 valence electrons. The van der Waals surface area contributed by atoms with Crippen molar-refractivity contribution in [3.8, 4) is 0 Å². The van der Waals surface area contributed by atoms with Gasteiger partial charge in [-0.3, -0.25) is 14.4 Å². The molecule has 1 aliphatic heterocycles. The van der Waals surface area contributed by atoms with Crippen LogP contribution in [0.25, 0.3) is 0 Å². The van der Waals surface area contributed by atoms with Crippen molar-refractivity contribution < 1.29 is 23.7 Å². The molecular weight excluding hydrogens is 645 g/mol. The average Bonchev–Trinajstić information content (AvgIpc) is 2.98. The van der Waals surface area contributed by atoms with E-state index in [2.05, 4.69) is 5.32 Å². The minimum atomic E-state index is -3.08. The lowest BCUT2D eigenvalue weighted by Crippen LogP contribution is -2.59. The number of carboxylic acid groups (broad SMARTS) is 1. The number of hydrogen-bond acceptors (Lipinski definition) is 5. The van der Waals surface area contributed by atoms with Crippen molar-refractivity contribution in [2.45, 2.75) is 70.7 Å². The molecule has 0 bridgehead atoms. The fraction of sp³-hybridized carbons (Fsp3) is 0.400. The van der Waals surface area contributed by atoms with Gasteiger partial charge in [0.2, 0.25) is 11.8 Å². The van der Waals surface area contributed by atoms with Crippen molar-refractivity contribution in [2.75, 3.05) is 11.1 Å². The second-order valence-electron chi connectivity index (χ2n) is 13.0. The Bertz CT molecular complexity index is 1690. The number of anilines is 1. The molecule has 11 heteroatoms. The third-order valence-corrected chi connectivity index (χ3v) is 11.7. The number of amides is 2. The van der Waals surface area contributed by atoms with E-state index in [-0.39, 0.29) is 35.5 Å². The zero-order valence-corrected chi connectivity index (χ0v) is 29.0. The number of benzene rings is 3. The third-order valence-electron chi connectivity index (χ3n) is 8.86. The molecule has 0 aromatic heterocycles. The molecular formula is C35H41Cl2N3O5S. The quantitative estimate of drug-likeness (QED) is 0.187. The number of nitrogens with one attached hydrogen (secondary N) is 2. The topological polar surface area (TPSA) is 128 Å². The van der Waals surface area contributed by atoms with Crippen molar-refractivity contribution in [1.29, 1.82) is 4.78 Å². The lowest BCUT2D eigenvalue weighted by atomic mass is 9.66. The summed E-state index contributed by atoms with van der Waals surface area (Å²) in [5, 5.41) is 12.7. The normalized spacial score (nSPS) is 22.0.